The van der Waals surface area contributed by atoms with Crippen LogP contribution >= 0.6 is 0 Å². The van der Waals surface area contributed by atoms with Gasteiger partial charge in [0.25, 0.3) is 0 Å². The van der Waals surface area contributed by atoms with Crippen molar-refractivity contribution < 1.29 is 19.0 Å². The molecule has 0 saturated carbocycles. The molecule has 0 aromatic heterocycles. The molecule has 1 aromatic carbocycles. The van der Waals surface area contributed by atoms with Crippen molar-refractivity contribution in [3.63, 3.8) is 0 Å². The molecule has 116 valence electrons. The molecule has 1 heterocycles. The molecule has 5 nitrogen and oxygen atoms in total. The number of nitrogens with zero attached hydrogens (tertiary/aromatic N) is 1. The Morgan fingerprint density at radius 3 is 2.81 bits per heavy atom. The van der Waals surface area contributed by atoms with Gasteiger partial charge in [-0.05, 0) is 24.7 Å². The van der Waals surface area contributed by atoms with Crippen molar-refractivity contribution in [2.75, 3.05) is 39.9 Å². The molecule has 0 radical (unpaired) electrons. The number of rotatable bonds is 5. The van der Waals surface area contributed by atoms with E-state index in [9.17, 15) is 14.3 Å². The van der Waals surface area contributed by atoms with E-state index in [1.165, 1.54) is 12.1 Å². The van der Waals surface area contributed by atoms with Gasteiger partial charge < -0.3 is 20.1 Å². The van der Waals surface area contributed by atoms with Gasteiger partial charge in [0.15, 0.2) is 0 Å². The van der Waals surface area contributed by atoms with Gasteiger partial charge in [0.2, 0.25) is 5.91 Å². The maximum absolute atomic E-state index is 13.0. The zero-order valence-corrected chi connectivity index (χ0v) is 12.1. The van der Waals surface area contributed by atoms with Crippen LogP contribution in [0.1, 0.15) is 5.56 Å². The third kappa shape index (κ3) is 4.00. The second-order valence-electron chi connectivity index (χ2n) is 5.34. The molecule has 2 N–H and O–H groups in total. The van der Waals surface area contributed by atoms with Gasteiger partial charge in [-0.2, -0.15) is 0 Å². The Morgan fingerprint density at radius 1 is 1.48 bits per heavy atom. The Kier molecular flexibility index (Phi) is 5.27. The van der Waals surface area contributed by atoms with Crippen LogP contribution in [0.2, 0.25) is 0 Å². The first kappa shape index (κ1) is 15.9. The zero-order chi connectivity index (χ0) is 15.3. The quantitative estimate of drug-likeness (QED) is 0.813. The van der Waals surface area contributed by atoms with Crippen LogP contribution in [0.15, 0.2) is 24.3 Å². The highest BCUT2D eigenvalue weighted by Gasteiger charge is 2.37. The van der Waals surface area contributed by atoms with E-state index in [1.807, 2.05) is 0 Å². The molecule has 0 spiro atoms. The maximum Gasteiger partial charge on any atom is 0.236 e. The predicted octanol–water partition coefficient (Wildman–Crippen LogP) is 0.178. The molecule has 1 atom stereocenters. The second-order valence-corrected chi connectivity index (χ2v) is 5.34. The number of likely N-dealkylation sites (N-methyl/N-ethyl adjacent to an activating group) is 1. The van der Waals surface area contributed by atoms with E-state index in [0.29, 0.717) is 26.1 Å². The summed E-state index contributed by atoms with van der Waals surface area (Å²) in [5, 5.41) is 12.6. The minimum absolute atomic E-state index is 0.0160. The number of halogens is 1. The van der Waals surface area contributed by atoms with Gasteiger partial charge in [-0.25, -0.2) is 4.39 Å². The van der Waals surface area contributed by atoms with Crippen molar-refractivity contribution in [1.82, 2.24) is 10.2 Å². The number of hydrogen-bond acceptors (Lipinski definition) is 4. The average molecular weight is 296 g/mol. The molecule has 21 heavy (non-hydrogen) atoms. The second kappa shape index (κ2) is 6.98. The van der Waals surface area contributed by atoms with Gasteiger partial charge in [-0.15, -0.1) is 0 Å². The van der Waals surface area contributed by atoms with Crippen molar-refractivity contribution in [2.45, 2.75) is 12.0 Å². The number of carbonyl (C=O) groups excluding carboxylic acids is 1. The molecule has 0 aliphatic carbocycles. The Bertz CT molecular complexity index is 480. The molecule has 6 heteroatoms. The van der Waals surface area contributed by atoms with E-state index < -0.39 is 5.60 Å². The number of morpholine rings is 1. The minimum atomic E-state index is -0.820. The Morgan fingerprint density at radius 2 is 2.19 bits per heavy atom. The Hall–Kier alpha value is -1.50. The van der Waals surface area contributed by atoms with Gasteiger partial charge in [-0.3, -0.25) is 4.79 Å². The zero-order valence-electron chi connectivity index (χ0n) is 12.1. The van der Waals surface area contributed by atoms with Crippen LogP contribution in [-0.4, -0.2) is 61.4 Å². The van der Waals surface area contributed by atoms with Crippen LogP contribution in [0.3, 0.4) is 0 Å². The first-order valence-electron chi connectivity index (χ1n) is 7.00. The highest BCUT2D eigenvalue weighted by atomic mass is 19.1. The van der Waals surface area contributed by atoms with Crippen LogP contribution in [0.25, 0.3) is 0 Å². The van der Waals surface area contributed by atoms with E-state index >= 15 is 0 Å². The summed E-state index contributed by atoms with van der Waals surface area (Å²) in [7, 11) is 1.72. The third-order valence-electron chi connectivity index (χ3n) is 3.66. The number of carbonyl (C=O) groups is 1. The predicted molar refractivity (Wildman–Crippen MR) is 76.4 cm³/mol. The number of hydrogen-bond donors (Lipinski definition) is 2. The van der Waals surface area contributed by atoms with E-state index in [4.69, 9.17) is 4.74 Å². The van der Waals surface area contributed by atoms with Crippen LogP contribution in [-0.2, 0) is 16.0 Å². The molecule has 0 unspecified atom stereocenters. The van der Waals surface area contributed by atoms with Crippen LogP contribution in [0.4, 0.5) is 4.39 Å². The summed E-state index contributed by atoms with van der Waals surface area (Å²) in [6, 6.07) is 6.11. The van der Waals surface area contributed by atoms with Crippen molar-refractivity contribution >= 4 is 5.91 Å². The van der Waals surface area contributed by atoms with Gasteiger partial charge in [0.05, 0.1) is 26.3 Å². The average Bonchev–Trinajstić information content (AvgIpc) is 2.50. The summed E-state index contributed by atoms with van der Waals surface area (Å²) in [5.74, 6) is -0.315. The molecule has 1 amide bonds. The lowest BCUT2D eigenvalue weighted by Gasteiger charge is -2.42. The van der Waals surface area contributed by atoms with Crippen LogP contribution < -0.4 is 5.32 Å². The van der Waals surface area contributed by atoms with Gasteiger partial charge in [0, 0.05) is 13.0 Å². The van der Waals surface area contributed by atoms with Crippen molar-refractivity contribution in [3.8, 4) is 0 Å². The fourth-order valence-corrected chi connectivity index (χ4v) is 2.55. The lowest BCUT2D eigenvalue weighted by Crippen LogP contribution is -2.57. The molecule has 0 bridgehead atoms. The standard InChI is InChI=1S/C15H21FN2O3/c1-17-9-14(20)18-6-7-21-15(10-18,11-19)8-12-2-4-13(16)5-3-12/h2-5,17,19H,6-11H2,1H3/t15-/m1/s1. The summed E-state index contributed by atoms with van der Waals surface area (Å²) in [4.78, 5) is 13.7. The number of aliphatic hydroxyl groups excluding tert-OH is 1. The Labute approximate surface area is 123 Å². The summed E-state index contributed by atoms with van der Waals surface area (Å²) >= 11 is 0. The molecule has 1 fully saturated rings. The van der Waals surface area contributed by atoms with Crippen molar-refractivity contribution in [2.24, 2.45) is 0 Å². The fraction of sp³-hybridized carbons (Fsp3) is 0.533. The number of aliphatic hydroxyl groups is 1. The van der Waals surface area contributed by atoms with E-state index in [2.05, 4.69) is 5.32 Å². The lowest BCUT2D eigenvalue weighted by atomic mass is 9.93. The molecule has 1 aliphatic rings. The summed E-state index contributed by atoms with van der Waals surface area (Å²) in [5.41, 5.74) is 0.0489. The number of ether oxygens (including phenoxy) is 1. The van der Waals surface area contributed by atoms with E-state index in [-0.39, 0.29) is 24.9 Å². The maximum atomic E-state index is 13.0. The molecule has 1 aliphatic heterocycles. The SMILES string of the molecule is CNCC(=O)N1CCO[C@](CO)(Cc2ccc(F)cc2)C1. The Balaban J connectivity index is 2.09. The summed E-state index contributed by atoms with van der Waals surface area (Å²) < 4.78 is 18.7. The third-order valence-corrected chi connectivity index (χ3v) is 3.66. The largest absolute Gasteiger partial charge is 0.393 e. The smallest absolute Gasteiger partial charge is 0.236 e. The molecule has 1 aromatic rings. The normalized spacial score (nSPS) is 22.3. The molecule has 1 saturated heterocycles. The lowest BCUT2D eigenvalue weighted by molar-refractivity contribution is -0.157. The highest BCUT2D eigenvalue weighted by molar-refractivity contribution is 5.78. The van der Waals surface area contributed by atoms with Crippen LogP contribution in [0, 0.1) is 5.82 Å². The van der Waals surface area contributed by atoms with Gasteiger partial charge in [0.1, 0.15) is 11.4 Å². The summed E-state index contributed by atoms with van der Waals surface area (Å²) in [6.45, 7) is 1.32. The van der Waals surface area contributed by atoms with E-state index in [0.717, 1.165) is 5.56 Å². The topological polar surface area (TPSA) is 61.8 Å². The molecular weight excluding hydrogens is 275 g/mol. The van der Waals surface area contributed by atoms with E-state index in [1.54, 1.807) is 24.1 Å². The number of amides is 1. The first-order chi connectivity index (χ1) is 10.1. The molecular formula is C15H21FN2O3. The van der Waals surface area contributed by atoms with Crippen LogP contribution in [0.5, 0.6) is 0 Å². The number of benzene rings is 1. The first-order valence-corrected chi connectivity index (χ1v) is 7.00. The summed E-state index contributed by atoms with van der Waals surface area (Å²) in [6.07, 6.45) is 0.438. The van der Waals surface area contributed by atoms with Crippen molar-refractivity contribution in [1.29, 1.82) is 0 Å². The monoisotopic (exact) mass is 296 g/mol. The number of nitrogens with one attached hydrogen (secondary N) is 1. The molecule has 2 rings (SSSR count). The van der Waals surface area contributed by atoms with Gasteiger partial charge >= 0.3 is 0 Å². The van der Waals surface area contributed by atoms with Crippen molar-refractivity contribution in [3.05, 3.63) is 35.6 Å². The highest BCUT2D eigenvalue weighted by Crippen LogP contribution is 2.23. The fourth-order valence-electron chi connectivity index (χ4n) is 2.55. The van der Waals surface area contributed by atoms with Gasteiger partial charge in [-0.1, -0.05) is 12.1 Å². The minimum Gasteiger partial charge on any atom is -0.393 e.